The molecule has 2 N–H and O–H groups in total. The van der Waals surface area contributed by atoms with Crippen LogP contribution in [0.5, 0.6) is 0 Å². The van der Waals surface area contributed by atoms with Crippen LogP contribution in [-0.2, 0) is 9.53 Å². The smallest absolute Gasteiger partial charge is 0.239 e. The van der Waals surface area contributed by atoms with Gasteiger partial charge in [0.1, 0.15) is 5.82 Å². The second-order valence-electron chi connectivity index (χ2n) is 5.69. The third-order valence-corrected chi connectivity index (χ3v) is 4.02. The van der Waals surface area contributed by atoms with Gasteiger partial charge in [-0.15, -0.1) is 0 Å². The molecule has 1 saturated heterocycles. The van der Waals surface area contributed by atoms with E-state index in [1.165, 1.54) is 12.1 Å². The summed E-state index contributed by atoms with van der Waals surface area (Å²) in [5.41, 5.74) is 1.02. The predicted octanol–water partition coefficient (Wildman–Crippen LogP) is 0.286. The van der Waals surface area contributed by atoms with Crippen LogP contribution in [0.25, 0.3) is 0 Å². The van der Waals surface area contributed by atoms with E-state index >= 15 is 0 Å². The van der Waals surface area contributed by atoms with Crippen LogP contribution in [0.3, 0.4) is 0 Å². The molecule has 1 aromatic carbocycles. The monoisotopic (exact) mass is 351 g/mol. The summed E-state index contributed by atoms with van der Waals surface area (Å²) in [4.78, 5) is 20.3. The Bertz CT molecular complexity index is 571. The van der Waals surface area contributed by atoms with Gasteiger partial charge >= 0.3 is 0 Å². The average molecular weight is 351 g/mol. The van der Waals surface area contributed by atoms with Crippen molar-refractivity contribution < 1.29 is 13.9 Å². The number of methoxy groups -OCH3 is 1. The molecule has 0 unspecified atom stereocenters. The van der Waals surface area contributed by atoms with E-state index in [0.717, 1.165) is 31.9 Å². The van der Waals surface area contributed by atoms with E-state index in [1.54, 1.807) is 26.3 Å². The summed E-state index contributed by atoms with van der Waals surface area (Å²) in [6.45, 7) is 4.34. The van der Waals surface area contributed by atoms with Gasteiger partial charge in [-0.3, -0.25) is 9.79 Å². The number of carbonyl (C=O) groups excluding carboxylic acids is 1. The first-order valence-electron chi connectivity index (χ1n) is 8.36. The molecule has 7 nitrogen and oxygen atoms in total. The van der Waals surface area contributed by atoms with E-state index in [0.29, 0.717) is 19.1 Å². The van der Waals surface area contributed by atoms with E-state index in [-0.39, 0.29) is 18.3 Å². The molecule has 1 aliphatic rings. The summed E-state index contributed by atoms with van der Waals surface area (Å²) < 4.78 is 17.9. The summed E-state index contributed by atoms with van der Waals surface area (Å²) in [7, 11) is 3.30. The number of piperazine rings is 1. The Labute approximate surface area is 147 Å². The van der Waals surface area contributed by atoms with Crippen molar-refractivity contribution in [2.75, 3.05) is 64.9 Å². The molecule has 0 saturated carbocycles. The van der Waals surface area contributed by atoms with Crippen LogP contribution in [-0.4, -0.2) is 76.8 Å². The molecule has 0 bridgehead atoms. The molecule has 1 aliphatic heterocycles. The third-order valence-electron chi connectivity index (χ3n) is 4.02. The van der Waals surface area contributed by atoms with Gasteiger partial charge in [-0.25, -0.2) is 4.39 Å². The molecule has 1 fully saturated rings. The van der Waals surface area contributed by atoms with E-state index in [4.69, 9.17) is 4.74 Å². The lowest BCUT2D eigenvalue weighted by molar-refractivity contribution is -0.120. The summed E-state index contributed by atoms with van der Waals surface area (Å²) in [5, 5.41) is 5.84. The highest BCUT2D eigenvalue weighted by Crippen LogP contribution is 2.16. The van der Waals surface area contributed by atoms with Crippen LogP contribution in [0.2, 0.25) is 0 Å². The van der Waals surface area contributed by atoms with Gasteiger partial charge in [0.25, 0.3) is 0 Å². The zero-order valence-electron chi connectivity index (χ0n) is 14.8. The van der Waals surface area contributed by atoms with Crippen LogP contribution in [0.15, 0.2) is 29.3 Å². The van der Waals surface area contributed by atoms with Crippen molar-refractivity contribution >= 4 is 17.6 Å². The van der Waals surface area contributed by atoms with Crippen molar-refractivity contribution in [3.8, 4) is 0 Å². The number of aliphatic imine (C=N–C) groups is 1. The molecule has 1 amide bonds. The molecular formula is C17H26FN5O2. The average Bonchev–Trinajstić information content (AvgIpc) is 2.64. The molecule has 2 rings (SSSR count). The van der Waals surface area contributed by atoms with Crippen molar-refractivity contribution in [2.24, 2.45) is 4.99 Å². The minimum Gasteiger partial charge on any atom is -0.383 e. The normalized spacial score (nSPS) is 15.2. The van der Waals surface area contributed by atoms with Crippen molar-refractivity contribution in [1.82, 2.24) is 15.5 Å². The van der Waals surface area contributed by atoms with Gasteiger partial charge in [-0.1, -0.05) is 0 Å². The number of guanidine groups is 1. The van der Waals surface area contributed by atoms with E-state index in [2.05, 4.69) is 25.4 Å². The van der Waals surface area contributed by atoms with Crippen LogP contribution in [0.1, 0.15) is 0 Å². The molecule has 0 radical (unpaired) electrons. The number of carbonyl (C=O) groups is 1. The van der Waals surface area contributed by atoms with Gasteiger partial charge in [-0.2, -0.15) is 0 Å². The van der Waals surface area contributed by atoms with E-state index < -0.39 is 0 Å². The molecule has 25 heavy (non-hydrogen) atoms. The van der Waals surface area contributed by atoms with E-state index in [1.807, 2.05) is 0 Å². The van der Waals surface area contributed by atoms with Gasteiger partial charge in [0, 0.05) is 52.6 Å². The number of benzene rings is 1. The number of halogens is 1. The second-order valence-corrected chi connectivity index (χ2v) is 5.69. The Kier molecular flexibility index (Phi) is 7.46. The molecule has 0 spiro atoms. The number of ether oxygens (including phenoxy) is 1. The number of nitrogens with zero attached hydrogens (tertiary/aromatic N) is 3. The van der Waals surface area contributed by atoms with Crippen LogP contribution in [0, 0.1) is 5.82 Å². The standard InChI is InChI=1S/C17H26FN5O2/c1-19-17(21-13-16(24)20-7-12-25-2)23-10-8-22(9-11-23)15-5-3-14(18)4-6-15/h3-6H,7-13H2,1-2H3,(H,19,21)(H,20,24). The predicted molar refractivity (Wildman–Crippen MR) is 96.4 cm³/mol. The summed E-state index contributed by atoms with van der Waals surface area (Å²) >= 11 is 0. The summed E-state index contributed by atoms with van der Waals surface area (Å²) in [6, 6.07) is 6.54. The maximum Gasteiger partial charge on any atom is 0.239 e. The van der Waals surface area contributed by atoms with Gasteiger partial charge in [-0.05, 0) is 24.3 Å². The number of rotatable bonds is 6. The van der Waals surface area contributed by atoms with Gasteiger partial charge < -0.3 is 25.2 Å². The Morgan fingerprint density at radius 3 is 2.48 bits per heavy atom. The van der Waals surface area contributed by atoms with Crippen LogP contribution < -0.4 is 15.5 Å². The molecule has 0 aliphatic carbocycles. The Morgan fingerprint density at radius 2 is 1.88 bits per heavy atom. The highest BCUT2D eigenvalue weighted by molar-refractivity contribution is 5.86. The summed E-state index contributed by atoms with van der Waals surface area (Å²) in [6.07, 6.45) is 0. The molecule has 138 valence electrons. The van der Waals surface area contributed by atoms with Gasteiger partial charge in [0.2, 0.25) is 5.91 Å². The molecular weight excluding hydrogens is 325 g/mol. The fraction of sp³-hybridized carbons (Fsp3) is 0.529. The van der Waals surface area contributed by atoms with E-state index in [9.17, 15) is 9.18 Å². The lowest BCUT2D eigenvalue weighted by atomic mass is 10.2. The Hall–Kier alpha value is -2.35. The van der Waals surface area contributed by atoms with Gasteiger partial charge in [0.15, 0.2) is 5.96 Å². The molecule has 0 aromatic heterocycles. The molecule has 0 atom stereocenters. The summed E-state index contributed by atoms with van der Waals surface area (Å²) in [5.74, 6) is 0.388. The maximum absolute atomic E-state index is 13.0. The minimum absolute atomic E-state index is 0.0943. The largest absolute Gasteiger partial charge is 0.383 e. The fourth-order valence-corrected chi connectivity index (χ4v) is 2.67. The van der Waals surface area contributed by atoms with Crippen molar-refractivity contribution in [2.45, 2.75) is 0 Å². The molecule has 8 heteroatoms. The number of hydrogen-bond donors (Lipinski definition) is 2. The van der Waals surface area contributed by atoms with Crippen LogP contribution in [0.4, 0.5) is 10.1 Å². The second kappa shape index (κ2) is 9.83. The number of hydrogen-bond acceptors (Lipinski definition) is 4. The first kappa shape index (κ1) is 19.0. The topological polar surface area (TPSA) is 69.2 Å². The number of nitrogens with one attached hydrogen (secondary N) is 2. The SMILES string of the molecule is CN=C(NCC(=O)NCCOC)N1CCN(c2ccc(F)cc2)CC1. The molecule has 1 aromatic rings. The Morgan fingerprint density at radius 1 is 1.20 bits per heavy atom. The van der Waals surface area contributed by atoms with Crippen LogP contribution >= 0.6 is 0 Å². The molecule has 1 heterocycles. The zero-order valence-corrected chi connectivity index (χ0v) is 14.8. The first-order chi connectivity index (χ1) is 12.1. The minimum atomic E-state index is -0.226. The third kappa shape index (κ3) is 5.90. The quantitative estimate of drug-likeness (QED) is 0.438. The highest BCUT2D eigenvalue weighted by atomic mass is 19.1. The van der Waals surface area contributed by atoms with Crippen molar-refractivity contribution in [3.05, 3.63) is 30.1 Å². The zero-order chi connectivity index (χ0) is 18.1. The van der Waals surface area contributed by atoms with Gasteiger partial charge in [0.05, 0.1) is 13.2 Å². The fourth-order valence-electron chi connectivity index (χ4n) is 2.67. The van der Waals surface area contributed by atoms with Crippen molar-refractivity contribution in [1.29, 1.82) is 0 Å². The first-order valence-corrected chi connectivity index (χ1v) is 8.36. The van der Waals surface area contributed by atoms with Crippen molar-refractivity contribution in [3.63, 3.8) is 0 Å². The number of anilines is 1. The number of amides is 1. The maximum atomic E-state index is 13.0. The highest BCUT2D eigenvalue weighted by Gasteiger charge is 2.20. The Balaban J connectivity index is 1.77. The lowest BCUT2D eigenvalue weighted by Gasteiger charge is -2.37. The lowest BCUT2D eigenvalue weighted by Crippen LogP contribution is -2.53.